The summed E-state index contributed by atoms with van der Waals surface area (Å²) in [7, 11) is 1.67. The minimum absolute atomic E-state index is 0.177. The number of halogens is 2. The second kappa shape index (κ2) is 15.1. The topological polar surface area (TPSA) is 63.8 Å². The van der Waals surface area contributed by atoms with Gasteiger partial charge in [-0.1, -0.05) is 97.9 Å². The molecular weight excluding hydrogens is 725 g/mol. The number of nitrogens with zero attached hydrogens (tertiary/aromatic N) is 3. The van der Waals surface area contributed by atoms with Crippen LogP contribution < -0.4 is 15.0 Å². The van der Waals surface area contributed by atoms with Gasteiger partial charge in [0.25, 0.3) is 5.91 Å². The van der Waals surface area contributed by atoms with E-state index in [2.05, 4.69) is 98.8 Å². The van der Waals surface area contributed by atoms with Gasteiger partial charge in [0.15, 0.2) is 0 Å². The van der Waals surface area contributed by atoms with Crippen molar-refractivity contribution in [3.63, 3.8) is 0 Å². The van der Waals surface area contributed by atoms with Gasteiger partial charge in [-0.3, -0.25) is 9.69 Å². The number of H-pyrrole nitrogens is 1. The molecule has 55 heavy (non-hydrogen) atoms. The van der Waals surface area contributed by atoms with Gasteiger partial charge in [-0.15, -0.1) is 0 Å². The molecule has 282 valence electrons. The van der Waals surface area contributed by atoms with Gasteiger partial charge in [0.1, 0.15) is 11.4 Å². The Balaban J connectivity index is 1.18. The number of hydrogen-bond donors (Lipinski definition) is 2. The first kappa shape index (κ1) is 36.0. The molecule has 9 rings (SSSR count). The number of anilines is 2. The summed E-state index contributed by atoms with van der Waals surface area (Å²) in [5.41, 5.74) is 9.40. The van der Waals surface area contributed by atoms with Crippen molar-refractivity contribution in [2.45, 2.75) is 57.5 Å². The van der Waals surface area contributed by atoms with Gasteiger partial charge in [-0.25, -0.2) is 0 Å². The molecule has 2 atom stereocenters. The molecular formula is C46H47Cl2N5O2. The number of carbonyl (C=O) groups is 1. The van der Waals surface area contributed by atoms with E-state index in [1.54, 1.807) is 7.11 Å². The highest BCUT2D eigenvalue weighted by Gasteiger charge is 2.40. The van der Waals surface area contributed by atoms with Crippen LogP contribution in [0.4, 0.5) is 11.4 Å². The zero-order chi connectivity index (χ0) is 37.6. The number of benzene rings is 4. The van der Waals surface area contributed by atoms with Gasteiger partial charge in [-0.05, 0) is 83.8 Å². The van der Waals surface area contributed by atoms with E-state index >= 15 is 4.79 Å². The van der Waals surface area contributed by atoms with Gasteiger partial charge in [-0.2, -0.15) is 0 Å². The summed E-state index contributed by atoms with van der Waals surface area (Å²) in [6.45, 7) is 6.13. The predicted molar refractivity (Wildman–Crippen MR) is 226 cm³/mol. The Kier molecular flexibility index (Phi) is 9.88. The molecule has 4 heterocycles. The molecule has 1 saturated carbocycles. The molecule has 4 aromatic carbocycles. The fourth-order valence-corrected chi connectivity index (χ4v) is 9.88. The molecule has 1 aromatic heterocycles. The van der Waals surface area contributed by atoms with Crippen molar-refractivity contribution in [1.82, 2.24) is 14.8 Å². The lowest BCUT2D eigenvalue weighted by Crippen LogP contribution is -2.51. The number of allylic oxidation sites excluding steroid dienone is 2. The van der Waals surface area contributed by atoms with Crippen molar-refractivity contribution in [1.29, 1.82) is 0 Å². The maximum absolute atomic E-state index is 15.0. The summed E-state index contributed by atoms with van der Waals surface area (Å²) < 4.78 is 5.70. The Hall–Kier alpha value is -4.69. The summed E-state index contributed by atoms with van der Waals surface area (Å²) in [6.07, 6.45) is 11.9. The summed E-state index contributed by atoms with van der Waals surface area (Å²) in [5.74, 6) is 0.659. The summed E-state index contributed by atoms with van der Waals surface area (Å²) in [4.78, 5) is 26.1. The third-order valence-electron chi connectivity index (χ3n) is 12.2. The predicted octanol–water partition coefficient (Wildman–Crippen LogP) is 11.0. The number of methoxy groups -OCH3 is 1. The number of aromatic nitrogens is 1. The average Bonchev–Trinajstić information content (AvgIpc) is 3.51. The molecule has 2 unspecified atom stereocenters. The number of ether oxygens (including phenoxy) is 1. The summed E-state index contributed by atoms with van der Waals surface area (Å²) in [5, 5.41) is 5.67. The van der Waals surface area contributed by atoms with E-state index in [1.807, 2.05) is 30.3 Å². The van der Waals surface area contributed by atoms with Crippen molar-refractivity contribution in [3.05, 3.63) is 135 Å². The van der Waals surface area contributed by atoms with Crippen LogP contribution in [0.1, 0.15) is 84.2 Å². The van der Waals surface area contributed by atoms with Crippen molar-refractivity contribution in [3.8, 4) is 5.75 Å². The third kappa shape index (κ3) is 6.70. The molecule has 1 aliphatic carbocycles. The van der Waals surface area contributed by atoms with Crippen LogP contribution in [-0.2, 0) is 0 Å². The summed E-state index contributed by atoms with van der Waals surface area (Å²) in [6, 6.07) is 29.2. The van der Waals surface area contributed by atoms with Crippen LogP contribution in [0.2, 0.25) is 10.0 Å². The molecule has 5 aromatic rings. The molecule has 7 nitrogen and oxygen atoms in total. The van der Waals surface area contributed by atoms with Gasteiger partial charge < -0.3 is 24.8 Å². The average molecular weight is 773 g/mol. The largest absolute Gasteiger partial charge is 0.497 e. The second-order valence-corrected chi connectivity index (χ2v) is 16.3. The molecule has 3 aliphatic heterocycles. The van der Waals surface area contributed by atoms with Crippen molar-refractivity contribution in [2.75, 3.05) is 43.5 Å². The van der Waals surface area contributed by atoms with Crippen molar-refractivity contribution in [2.24, 2.45) is 5.92 Å². The van der Waals surface area contributed by atoms with Crippen LogP contribution >= 0.6 is 23.2 Å². The van der Waals surface area contributed by atoms with Gasteiger partial charge in [0.2, 0.25) is 0 Å². The van der Waals surface area contributed by atoms with E-state index < -0.39 is 0 Å². The highest BCUT2D eigenvalue weighted by Crippen LogP contribution is 2.53. The first-order valence-electron chi connectivity index (χ1n) is 19.7. The number of carbonyl (C=O) groups excluding carboxylic acids is 1. The molecule has 2 N–H and O–H groups in total. The van der Waals surface area contributed by atoms with E-state index in [0.29, 0.717) is 27.5 Å². The molecule has 1 saturated heterocycles. The minimum atomic E-state index is -0.214. The van der Waals surface area contributed by atoms with E-state index in [-0.39, 0.29) is 17.9 Å². The molecule has 9 heteroatoms. The zero-order valence-corrected chi connectivity index (χ0v) is 33.0. The normalized spacial score (nSPS) is 20.4. The van der Waals surface area contributed by atoms with E-state index in [4.69, 9.17) is 27.9 Å². The Labute approximate surface area is 333 Å². The minimum Gasteiger partial charge on any atom is -0.497 e. The Morgan fingerprint density at radius 2 is 1.64 bits per heavy atom. The zero-order valence-electron chi connectivity index (χ0n) is 31.5. The number of aromatic amines is 1. The van der Waals surface area contributed by atoms with Crippen molar-refractivity contribution < 1.29 is 9.53 Å². The van der Waals surface area contributed by atoms with Crippen LogP contribution in [-0.4, -0.2) is 60.0 Å². The molecule has 0 spiro atoms. The maximum atomic E-state index is 15.0. The number of nitrogens with one attached hydrogen (secondary N) is 2. The molecule has 0 bridgehead atoms. The third-order valence-corrected chi connectivity index (χ3v) is 12.6. The molecule has 0 radical (unpaired) electrons. The summed E-state index contributed by atoms with van der Waals surface area (Å²) >= 11 is 13.3. The van der Waals surface area contributed by atoms with Crippen LogP contribution in [0.5, 0.6) is 5.75 Å². The highest BCUT2D eigenvalue weighted by molar-refractivity contribution is 6.32. The lowest BCUT2D eigenvalue weighted by Gasteiger charge is -2.42. The fraction of sp³-hybridized carbons (Fsp3) is 0.326. The second-order valence-electron chi connectivity index (χ2n) is 15.5. The van der Waals surface area contributed by atoms with Crippen LogP contribution in [0.3, 0.4) is 0 Å². The number of hydrogen-bond acceptors (Lipinski definition) is 5. The SMILES string of the molecule is COc1ccc(N2CCN(C3CCCCC3)CC2)c(NC(=O)c2[nH]c3cc(Cl)cc4c3c2C2=C(c3ccccc3)C(C)CC=CN2C4c2ccc(Cl)cc2)c1. The van der Waals surface area contributed by atoms with Crippen LogP contribution in [0.15, 0.2) is 97.2 Å². The lowest BCUT2D eigenvalue weighted by molar-refractivity contribution is 0.102. The number of amides is 1. The highest BCUT2D eigenvalue weighted by atomic mass is 35.5. The Morgan fingerprint density at radius 1 is 0.873 bits per heavy atom. The van der Waals surface area contributed by atoms with Gasteiger partial charge in [0.05, 0.1) is 30.2 Å². The van der Waals surface area contributed by atoms with Gasteiger partial charge >= 0.3 is 0 Å². The Bertz CT molecular complexity index is 2280. The fourth-order valence-electron chi connectivity index (χ4n) is 9.52. The molecule has 1 amide bonds. The monoisotopic (exact) mass is 771 g/mol. The number of piperazine rings is 1. The molecule has 2 fully saturated rings. The lowest BCUT2D eigenvalue weighted by atomic mass is 9.82. The number of rotatable bonds is 7. The first-order valence-corrected chi connectivity index (χ1v) is 20.5. The van der Waals surface area contributed by atoms with Gasteiger partial charge in [0, 0.05) is 71.0 Å². The van der Waals surface area contributed by atoms with Crippen LogP contribution in [0.25, 0.3) is 22.2 Å². The smallest absolute Gasteiger partial charge is 0.272 e. The quantitative estimate of drug-likeness (QED) is 0.172. The van der Waals surface area contributed by atoms with E-state index in [0.717, 1.165) is 82.8 Å². The standard InChI is InChI=1S/C46H47Cl2N5O2/c1-29-10-9-21-53-44(31-15-17-32(47)18-16-31)36-26-33(48)27-38-41(36)42(45(53)40(29)30-11-5-3-6-12-30)43(49-38)46(54)50-37-28-35(55-2)19-20-39(37)52-24-22-51(23-25-52)34-13-7-4-8-14-34/h3,5-6,9,11-12,15-21,26-29,34,44,49H,4,7-8,10,13-14,22-25H2,1-2H3,(H,50,54). The van der Waals surface area contributed by atoms with Crippen molar-refractivity contribution >= 4 is 62.7 Å². The first-order chi connectivity index (χ1) is 26.9. The Morgan fingerprint density at radius 3 is 2.38 bits per heavy atom. The van der Waals surface area contributed by atoms with E-state index in [1.165, 1.54) is 37.7 Å². The van der Waals surface area contributed by atoms with E-state index in [9.17, 15) is 0 Å². The molecule has 4 aliphatic rings. The number of fused-ring (bicyclic) bond motifs is 2. The maximum Gasteiger partial charge on any atom is 0.272 e. The van der Waals surface area contributed by atoms with Crippen LogP contribution in [0, 0.1) is 5.92 Å².